The smallest absolute Gasteiger partial charge is 0.308 e. The van der Waals surface area contributed by atoms with Crippen molar-refractivity contribution in [3.8, 4) is 6.01 Å². The summed E-state index contributed by atoms with van der Waals surface area (Å²) >= 11 is 0. The van der Waals surface area contributed by atoms with Crippen LogP contribution in [-0.2, 0) is 17.2 Å². The molecule has 1 N–H and O–H groups in total. The van der Waals surface area contributed by atoms with Gasteiger partial charge in [-0.25, -0.2) is 4.98 Å². The molecule has 0 aliphatic carbocycles. The topological polar surface area (TPSA) is 63.0 Å². The Morgan fingerprint density at radius 2 is 2.46 bits per heavy atom. The van der Waals surface area contributed by atoms with Crippen molar-refractivity contribution >= 4 is 10.1 Å². The Hall–Kier alpha value is -1.30. The maximum atomic E-state index is 11.1. The summed E-state index contributed by atoms with van der Waals surface area (Å²) in [5.74, 6) is -0.202. The minimum atomic E-state index is -3.55. The molecule has 0 saturated heterocycles. The molecule has 6 heteroatoms. The average Bonchev–Trinajstić information content (AvgIpc) is 2.35. The zero-order chi connectivity index (χ0) is 9.90. The molecule has 72 valence electrons. The zero-order valence-electron chi connectivity index (χ0n) is 7.23. The first kappa shape index (κ1) is 9.79. The van der Waals surface area contributed by atoms with Crippen LogP contribution in [0.3, 0.4) is 0 Å². The highest BCUT2D eigenvalue weighted by molar-refractivity contribution is 7.87. The molecule has 0 saturated carbocycles. The number of imidazole rings is 1. The lowest BCUT2D eigenvalue weighted by atomic mass is 10.8. The molecule has 1 heterocycles. The first-order chi connectivity index (χ1) is 6.05. The van der Waals surface area contributed by atoms with Crippen LogP contribution >= 0.6 is 0 Å². The van der Waals surface area contributed by atoms with E-state index < -0.39 is 10.1 Å². The number of rotatable bonds is 4. The zero-order valence-corrected chi connectivity index (χ0v) is 8.04. The fourth-order valence-electron chi connectivity index (χ4n) is 0.771. The Balaban J connectivity index is 2.80. The first-order valence-corrected chi connectivity index (χ1v) is 5.19. The number of hydrogen-bond acceptors (Lipinski definition) is 3. The monoisotopic (exact) mass is 203 g/mol. The third-order valence-corrected chi connectivity index (χ3v) is 2.41. The molecule has 0 fully saturated rings. The van der Waals surface area contributed by atoms with Crippen molar-refractivity contribution in [3.63, 3.8) is 0 Å². The summed E-state index contributed by atoms with van der Waals surface area (Å²) in [6.45, 7) is 3.32. The molecule has 0 radical (unpaired) electrons. The van der Waals surface area contributed by atoms with Gasteiger partial charge in [-0.2, -0.15) is 13.0 Å². The molecule has 0 amide bonds. The van der Waals surface area contributed by atoms with E-state index in [1.165, 1.54) is 10.6 Å². The highest BCUT2D eigenvalue weighted by Crippen LogP contribution is 2.01. The van der Waals surface area contributed by atoms with Crippen molar-refractivity contribution in [3.05, 3.63) is 25.0 Å². The lowest BCUT2D eigenvalue weighted by Gasteiger charge is -1.98. The molecule has 5 nitrogen and oxygen atoms in total. The minimum absolute atomic E-state index is 0.182. The minimum Gasteiger partial charge on any atom is -0.308 e. The van der Waals surface area contributed by atoms with Crippen LogP contribution in [0.1, 0.15) is 0 Å². The molecule has 0 atom stereocenters. The van der Waals surface area contributed by atoms with Gasteiger partial charge in [-0.3, -0.25) is 0 Å². The fourth-order valence-corrected chi connectivity index (χ4v) is 1.53. The molecule has 13 heavy (non-hydrogen) atoms. The lowest BCUT2D eigenvalue weighted by molar-refractivity contribution is -0.673. The number of H-pyrrole nitrogens is 1. The maximum Gasteiger partial charge on any atom is 0.469 e. The van der Waals surface area contributed by atoms with Gasteiger partial charge in [0.25, 0.3) is 0 Å². The molecule has 1 aromatic heterocycles. The molecule has 0 aliphatic rings. The van der Waals surface area contributed by atoms with Gasteiger partial charge in [-0.1, -0.05) is 6.08 Å². The molecule has 1 aromatic rings. The predicted octanol–water partition coefficient (Wildman–Crippen LogP) is -0.266. The molecule has 0 spiro atoms. The molecular weight excluding hydrogens is 192 g/mol. The van der Waals surface area contributed by atoms with Crippen LogP contribution in [-0.4, -0.2) is 19.2 Å². The van der Waals surface area contributed by atoms with Gasteiger partial charge in [0.2, 0.25) is 0 Å². The fraction of sp³-hybridized carbons (Fsp3) is 0.286. The molecule has 0 bridgehead atoms. The van der Waals surface area contributed by atoms with Gasteiger partial charge in [-0.15, -0.1) is 6.58 Å². The molecular formula is C7H11N2O3S+. The Bertz CT molecular complexity index is 394. The standard InChI is InChI=1S/C7H10N2O3S/c1-3-6-13(10,11)12-7-8-4-5-9(7)2/h3-5H,1,6H2,2H3/p+1. The van der Waals surface area contributed by atoms with Crippen LogP contribution in [0, 0.1) is 0 Å². The summed E-state index contributed by atoms with van der Waals surface area (Å²) in [6.07, 6.45) is 4.51. The van der Waals surface area contributed by atoms with Crippen LogP contribution in [0.15, 0.2) is 25.0 Å². The Kier molecular flexibility index (Phi) is 2.72. The van der Waals surface area contributed by atoms with Crippen molar-refractivity contribution in [2.45, 2.75) is 0 Å². The second kappa shape index (κ2) is 3.61. The first-order valence-electron chi connectivity index (χ1n) is 3.61. The molecule has 0 unspecified atom stereocenters. The van der Waals surface area contributed by atoms with Gasteiger partial charge in [0.15, 0.2) is 0 Å². The van der Waals surface area contributed by atoms with Crippen molar-refractivity contribution in [2.75, 3.05) is 5.75 Å². The van der Waals surface area contributed by atoms with Crippen LogP contribution in [0.25, 0.3) is 0 Å². The molecule has 0 aromatic carbocycles. The Labute approximate surface area is 76.8 Å². The van der Waals surface area contributed by atoms with Gasteiger partial charge < -0.3 is 4.18 Å². The number of nitrogens with one attached hydrogen (secondary N) is 1. The van der Waals surface area contributed by atoms with Crippen molar-refractivity contribution < 1.29 is 17.2 Å². The third kappa shape index (κ3) is 2.59. The third-order valence-electron chi connectivity index (χ3n) is 1.35. The van der Waals surface area contributed by atoms with Gasteiger partial charge in [-0.05, 0) is 0 Å². The SMILES string of the molecule is C=CCS(=O)(=O)Oc1[nH]cc[n+]1C. The number of nitrogens with zero attached hydrogens (tertiary/aromatic N) is 1. The van der Waals surface area contributed by atoms with E-state index >= 15 is 0 Å². The van der Waals surface area contributed by atoms with E-state index in [0.29, 0.717) is 0 Å². The lowest BCUT2D eigenvalue weighted by Crippen LogP contribution is -2.30. The van der Waals surface area contributed by atoms with E-state index in [1.54, 1.807) is 19.4 Å². The quantitative estimate of drug-likeness (QED) is 0.416. The number of aromatic nitrogens is 2. The van der Waals surface area contributed by atoms with Crippen LogP contribution in [0.2, 0.25) is 0 Å². The highest BCUT2D eigenvalue weighted by atomic mass is 32.2. The summed E-state index contributed by atoms with van der Waals surface area (Å²) in [7, 11) is -1.87. The van der Waals surface area contributed by atoms with Crippen LogP contribution in [0.5, 0.6) is 6.01 Å². The van der Waals surface area contributed by atoms with Crippen LogP contribution in [0.4, 0.5) is 0 Å². The predicted molar refractivity (Wildman–Crippen MR) is 46.6 cm³/mol. The van der Waals surface area contributed by atoms with Gasteiger partial charge >= 0.3 is 16.1 Å². The average molecular weight is 203 g/mol. The van der Waals surface area contributed by atoms with E-state index in [-0.39, 0.29) is 11.8 Å². The molecule has 0 aliphatic heterocycles. The number of hydrogen-bond donors (Lipinski definition) is 1. The maximum absolute atomic E-state index is 11.1. The van der Waals surface area contributed by atoms with Crippen molar-refractivity contribution in [1.29, 1.82) is 0 Å². The Morgan fingerprint density at radius 1 is 1.77 bits per heavy atom. The number of aryl methyl sites for hydroxylation is 1. The summed E-state index contributed by atoms with van der Waals surface area (Å²) < 4.78 is 28.5. The van der Waals surface area contributed by atoms with E-state index in [0.717, 1.165) is 0 Å². The van der Waals surface area contributed by atoms with Crippen molar-refractivity contribution in [2.24, 2.45) is 7.05 Å². The second-order valence-corrected chi connectivity index (χ2v) is 4.09. The van der Waals surface area contributed by atoms with E-state index in [9.17, 15) is 8.42 Å². The second-order valence-electron chi connectivity index (χ2n) is 2.47. The number of aromatic amines is 1. The van der Waals surface area contributed by atoms with E-state index in [2.05, 4.69) is 11.6 Å². The summed E-state index contributed by atoms with van der Waals surface area (Å²) in [4.78, 5) is 2.65. The molecule has 1 rings (SSSR count). The normalized spacial score (nSPS) is 11.2. The van der Waals surface area contributed by atoms with Gasteiger partial charge in [0.1, 0.15) is 18.1 Å². The summed E-state index contributed by atoms with van der Waals surface area (Å²) in [6, 6.07) is 0.182. The van der Waals surface area contributed by atoms with E-state index in [4.69, 9.17) is 4.18 Å². The van der Waals surface area contributed by atoms with E-state index in [1.807, 2.05) is 0 Å². The van der Waals surface area contributed by atoms with Gasteiger partial charge in [0, 0.05) is 0 Å². The summed E-state index contributed by atoms with van der Waals surface area (Å²) in [5, 5.41) is 0. The summed E-state index contributed by atoms with van der Waals surface area (Å²) in [5.41, 5.74) is 0. The van der Waals surface area contributed by atoms with Crippen LogP contribution < -0.4 is 8.75 Å². The Morgan fingerprint density at radius 3 is 2.92 bits per heavy atom. The highest BCUT2D eigenvalue weighted by Gasteiger charge is 2.17. The van der Waals surface area contributed by atoms with Crippen molar-refractivity contribution in [1.82, 2.24) is 4.98 Å². The largest absolute Gasteiger partial charge is 0.469 e. The van der Waals surface area contributed by atoms with Gasteiger partial charge in [0.05, 0.1) is 7.05 Å².